The fourth-order valence-electron chi connectivity index (χ4n) is 1.97. The molecule has 0 unspecified atom stereocenters. The van der Waals surface area contributed by atoms with Crippen LogP contribution >= 0.6 is 0 Å². The second-order valence-electron chi connectivity index (χ2n) is 4.33. The molecule has 2 aromatic heterocycles. The van der Waals surface area contributed by atoms with Crippen molar-refractivity contribution in [2.45, 2.75) is 0 Å². The number of H-pyrrole nitrogens is 1. The van der Waals surface area contributed by atoms with Crippen LogP contribution in [0.4, 0.5) is 5.88 Å². The van der Waals surface area contributed by atoms with Crippen LogP contribution < -0.4 is 0 Å². The number of aromatic amines is 1. The Balaban J connectivity index is 2.11. The Bertz CT molecular complexity index is 912. The quantitative estimate of drug-likeness (QED) is 0.331. The molecule has 0 spiro atoms. The number of rotatable bonds is 3. The number of furan rings is 1. The first-order valence-electron chi connectivity index (χ1n) is 6.13. The summed E-state index contributed by atoms with van der Waals surface area (Å²) in [5.41, 5.74) is 1.16. The van der Waals surface area contributed by atoms with Crippen LogP contribution in [0, 0.1) is 21.4 Å². The number of aromatic nitrogens is 2. The maximum Gasteiger partial charge on any atom is 0.433 e. The predicted octanol–water partition coefficient (Wildman–Crippen LogP) is 3.01. The van der Waals surface area contributed by atoms with Crippen molar-refractivity contribution in [3.05, 3.63) is 58.1 Å². The third-order valence-corrected chi connectivity index (χ3v) is 2.98. The standard InChI is InChI=1S/C14H8N4O4/c15-7-8(13(19)11-5-6-12(22-11)18(20)21)14-16-9-3-1-2-4-10(9)17-14/h1-6,19H,(H,16,17). The number of hydrogen-bond acceptors (Lipinski definition) is 6. The van der Waals surface area contributed by atoms with Crippen molar-refractivity contribution in [1.82, 2.24) is 9.97 Å². The normalized spacial score (nSPS) is 12.0. The molecule has 0 saturated heterocycles. The molecule has 3 rings (SSSR count). The number of para-hydroxylation sites is 2. The number of fused-ring (bicyclic) bond motifs is 1. The van der Waals surface area contributed by atoms with E-state index in [1.165, 1.54) is 6.07 Å². The second-order valence-corrected chi connectivity index (χ2v) is 4.33. The first-order chi connectivity index (χ1) is 10.6. The lowest BCUT2D eigenvalue weighted by atomic mass is 10.2. The molecule has 0 amide bonds. The van der Waals surface area contributed by atoms with Gasteiger partial charge in [0.15, 0.2) is 17.3 Å². The van der Waals surface area contributed by atoms with E-state index in [9.17, 15) is 20.5 Å². The van der Waals surface area contributed by atoms with Gasteiger partial charge in [-0.05, 0) is 18.2 Å². The number of nitriles is 1. The number of nitro groups is 1. The van der Waals surface area contributed by atoms with Gasteiger partial charge in [-0.1, -0.05) is 12.1 Å². The van der Waals surface area contributed by atoms with E-state index in [2.05, 4.69) is 9.97 Å². The highest BCUT2D eigenvalue weighted by atomic mass is 16.6. The highest BCUT2D eigenvalue weighted by Gasteiger charge is 2.20. The molecule has 108 valence electrons. The van der Waals surface area contributed by atoms with Crippen LogP contribution in [0.1, 0.15) is 11.6 Å². The van der Waals surface area contributed by atoms with Crippen LogP contribution in [-0.2, 0) is 0 Å². The molecule has 2 N–H and O–H groups in total. The molecule has 0 bridgehead atoms. The minimum atomic E-state index is -0.732. The number of aliphatic hydroxyl groups is 1. The molecule has 22 heavy (non-hydrogen) atoms. The van der Waals surface area contributed by atoms with Gasteiger partial charge < -0.3 is 14.5 Å². The van der Waals surface area contributed by atoms with Crippen LogP contribution in [0.5, 0.6) is 0 Å². The van der Waals surface area contributed by atoms with Crippen molar-refractivity contribution in [1.29, 1.82) is 5.26 Å². The maximum atomic E-state index is 10.6. The SMILES string of the molecule is N#CC(=C(O)c1ccc([N+](=O)[O-])o1)c1nc2ccccc2[nH]1. The molecule has 0 aliphatic rings. The smallest absolute Gasteiger partial charge is 0.433 e. The van der Waals surface area contributed by atoms with Crippen molar-refractivity contribution in [3.8, 4) is 6.07 Å². The lowest BCUT2D eigenvalue weighted by Crippen LogP contribution is -1.91. The number of aliphatic hydroxyl groups excluding tert-OH is 1. The van der Waals surface area contributed by atoms with E-state index >= 15 is 0 Å². The molecule has 1 aromatic carbocycles. The monoisotopic (exact) mass is 296 g/mol. The Morgan fingerprint density at radius 3 is 2.77 bits per heavy atom. The van der Waals surface area contributed by atoms with Crippen molar-refractivity contribution in [2.24, 2.45) is 0 Å². The number of imidazole rings is 1. The van der Waals surface area contributed by atoms with E-state index in [4.69, 9.17) is 4.42 Å². The van der Waals surface area contributed by atoms with Gasteiger partial charge in [0.1, 0.15) is 16.6 Å². The molecule has 2 heterocycles. The van der Waals surface area contributed by atoms with Crippen LogP contribution in [0.15, 0.2) is 40.8 Å². The molecule has 0 aliphatic heterocycles. The van der Waals surface area contributed by atoms with Crippen molar-refractivity contribution in [3.63, 3.8) is 0 Å². The highest BCUT2D eigenvalue weighted by Crippen LogP contribution is 2.27. The largest absolute Gasteiger partial charge is 0.503 e. The zero-order chi connectivity index (χ0) is 15.7. The second kappa shape index (κ2) is 5.06. The fourth-order valence-corrected chi connectivity index (χ4v) is 1.97. The third-order valence-electron chi connectivity index (χ3n) is 2.98. The average Bonchev–Trinajstić information content (AvgIpc) is 3.14. The summed E-state index contributed by atoms with van der Waals surface area (Å²) in [7, 11) is 0. The molecule has 0 atom stereocenters. The first kappa shape index (κ1) is 13.4. The Morgan fingerprint density at radius 2 is 2.14 bits per heavy atom. The van der Waals surface area contributed by atoms with Gasteiger partial charge in [-0.2, -0.15) is 5.26 Å². The van der Waals surface area contributed by atoms with Gasteiger partial charge in [0.2, 0.25) is 0 Å². The van der Waals surface area contributed by atoms with Gasteiger partial charge in [0, 0.05) is 0 Å². The maximum absolute atomic E-state index is 10.6. The minimum absolute atomic E-state index is 0.153. The van der Waals surface area contributed by atoms with Crippen LogP contribution in [0.25, 0.3) is 22.4 Å². The molecule has 8 heteroatoms. The van der Waals surface area contributed by atoms with Gasteiger partial charge in [-0.25, -0.2) is 4.98 Å². The molecular formula is C14H8N4O4. The molecule has 0 saturated carbocycles. The molecule has 8 nitrogen and oxygen atoms in total. The van der Waals surface area contributed by atoms with E-state index in [-0.39, 0.29) is 17.2 Å². The Hall–Kier alpha value is -3.60. The zero-order valence-electron chi connectivity index (χ0n) is 11.0. The lowest BCUT2D eigenvalue weighted by molar-refractivity contribution is -0.402. The zero-order valence-corrected chi connectivity index (χ0v) is 11.0. The molecule has 0 aliphatic carbocycles. The fraction of sp³-hybridized carbons (Fsp3) is 0. The van der Waals surface area contributed by atoms with Gasteiger partial charge in [0.25, 0.3) is 0 Å². The highest BCUT2D eigenvalue weighted by molar-refractivity contribution is 5.93. The summed E-state index contributed by atoms with van der Waals surface area (Å²) in [4.78, 5) is 17.0. The summed E-state index contributed by atoms with van der Waals surface area (Å²) >= 11 is 0. The van der Waals surface area contributed by atoms with Gasteiger partial charge in [-0.15, -0.1) is 0 Å². The Morgan fingerprint density at radius 1 is 1.36 bits per heavy atom. The minimum Gasteiger partial charge on any atom is -0.503 e. The predicted molar refractivity (Wildman–Crippen MR) is 76.5 cm³/mol. The number of nitrogens with zero attached hydrogens (tertiary/aromatic N) is 3. The summed E-state index contributed by atoms with van der Waals surface area (Å²) < 4.78 is 4.89. The van der Waals surface area contributed by atoms with Gasteiger partial charge >= 0.3 is 5.88 Å². The van der Waals surface area contributed by atoms with Crippen LogP contribution in [-0.4, -0.2) is 20.0 Å². The van der Waals surface area contributed by atoms with E-state index < -0.39 is 16.6 Å². The number of allylic oxidation sites excluding steroid dienone is 1. The first-order valence-corrected chi connectivity index (χ1v) is 6.13. The van der Waals surface area contributed by atoms with E-state index in [1.807, 2.05) is 6.07 Å². The molecule has 0 radical (unpaired) electrons. The summed E-state index contributed by atoms with van der Waals surface area (Å²) in [5, 5.41) is 30.0. The van der Waals surface area contributed by atoms with E-state index in [0.717, 1.165) is 6.07 Å². The molecule has 3 aromatic rings. The number of hydrogen-bond donors (Lipinski definition) is 2. The third kappa shape index (κ3) is 2.16. The van der Waals surface area contributed by atoms with E-state index in [0.29, 0.717) is 11.0 Å². The van der Waals surface area contributed by atoms with Gasteiger partial charge in [-0.3, -0.25) is 10.1 Å². The summed E-state index contributed by atoms with van der Waals surface area (Å²) in [6.45, 7) is 0. The average molecular weight is 296 g/mol. The Labute approximate surface area is 123 Å². The van der Waals surface area contributed by atoms with E-state index in [1.54, 1.807) is 24.3 Å². The topological polar surface area (TPSA) is 129 Å². The van der Waals surface area contributed by atoms with Crippen LogP contribution in [0.3, 0.4) is 0 Å². The Kier molecular flexibility index (Phi) is 3.08. The summed E-state index contributed by atoms with van der Waals surface area (Å²) in [6, 6.07) is 11.2. The van der Waals surface area contributed by atoms with Crippen molar-refractivity contribution < 1.29 is 14.4 Å². The molecule has 0 fully saturated rings. The number of nitrogens with one attached hydrogen (secondary N) is 1. The molecular weight excluding hydrogens is 288 g/mol. The van der Waals surface area contributed by atoms with Crippen molar-refractivity contribution >= 4 is 28.2 Å². The lowest BCUT2D eigenvalue weighted by Gasteiger charge is -1.97. The van der Waals surface area contributed by atoms with Crippen molar-refractivity contribution in [2.75, 3.05) is 0 Å². The van der Waals surface area contributed by atoms with Crippen LogP contribution in [0.2, 0.25) is 0 Å². The number of benzene rings is 1. The summed E-state index contributed by atoms with van der Waals surface area (Å²) in [6.07, 6.45) is 0. The summed E-state index contributed by atoms with van der Waals surface area (Å²) in [5.74, 6) is -1.07. The van der Waals surface area contributed by atoms with Gasteiger partial charge in [0.05, 0.1) is 17.1 Å².